The number of fused-ring (bicyclic) bond motifs is 1. The highest BCUT2D eigenvalue weighted by Gasteiger charge is 2.42. The predicted molar refractivity (Wildman–Crippen MR) is 123 cm³/mol. The van der Waals surface area contributed by atoms with Crippen molar-refractivity contribution in [1.82, 2.24) is 10.6 Å². The molecule has 1 heterocycles. The molecule has 1 unspecified atom stereocenters. The van der Waals surface area contributed by atoms with Gasteiger partial charge in [0.25, 0.3) is 0 Å². The van der Waals surface area contributed by atoms with E-state index in [1.54, 1.807) is 39.8 Å². The Labute approximate surface area is 193 Å². The lowest BCUT2D eigenvalue weighted by atomic mass is 10.1. The number of carbonyl (C=O) groups excluding carboxylic acids is 3. The molecule has 1 aromatic carbocycles. The molecule has 0 radical (unpaired) electrons. The maximum absolute atomic E-state index is 13.5. The normalized spacial score (nSPS) is 16.5. The number of amides is 3. The SMILES string of the molecule is CCCCNC(=O)C1Cc2c(ccc(Cl)c2Cl)N1C(=O)[C@H](CC)NC(=O)OC(C)(C)C. The number of benzene rings is 1. The molecule has 0 saturated carbocycles. The summed E-state index contributed by atoms with van der Waals surface area (Å²) >= 11 is 12.5. The van der Waals surface area contributed by atoms with Crippen LogP contribution in [0.2, 0.25) is 10.0 Å². The van der Waals surface area contributed by atoms with Crippen molar-refractivity contribution in [3.05, 3.63) is 27.7 Å². The zero-order chi connectivity index (χ0) is 23.3. The molecule has 0 bridgehead atoms. The van der Waals surface area contributed by atoms with Crippen molar-refractivity contribution in [3.8, 4) is 0 Å². The molecule has 1 aliphatic rings. The highest BCUT2D eigenvalue weighted by molar-refractivity contribution is 6.43. The average Bonchev–Trinajstić information content (AvgIpc) is 3.07. The van der Waals surface area contributed by atoms with Gasteiger partial charge in [0.2, 0.25) is 11.8 Å². The summed E-state index contributed by atoms with van der Waals surface area (Å²) < 4.78 is 5.29. The number of nitrogens with one attached hydrogen (secondary N) is 2. The number of ether oxygens (including phenoxy) is 1. The number of unbranched alkanes of at least 4 members (excludes halogenated alkanes) is 1. The number of hydrogen-bond donors (Lipinski definition) is 2. The number of carbonyl (C=O) groups is 3. The fourth-order valence-electron chi connectivity index (χ4n) is 3.40. The second kappa shape index (κ2) is 10.6. The molecule has 1 aliphatic heterocycles. The van der Waals surface area contributed by atoms with E-state index in [4.69, 9.17) is 27.9 Å². The minimum atomic E-state index is -0.860. The third kappa shape index (κ3) is 6.26. The van der Waals surface area contributed by atoms with E-state index < -0.39 is 29.7 Å². The Kier molecular flexibility index (Phi) is 8.60. The van der Waals surface area contributed by atoms with Gasteiger partial charge < -0.3 is 15.4 Å². The first-order valence-corrected chi connectivity index (χ1v) is 11.3. The Morgan fingerprint density at radius 1 is 1.23 bits per heavy atom. The van der Waals surface area contributed by atoms with Crippen LogP contribution >= 0.6 is 23.2 Å². The lowest BCUT2D eigenvalue weighted by Crippen LogP contribution is -2.55. The van der Waals surface area contributed by atoms with Gasteiger partial charge in [-0.15, -0.1) is 0 Å². The number of hydrogen-bond acceptors (Lipinski definition) is 4. The maximum Gasteiger partial charge on any atom is 0.408 e. The molecule has 2 N–H and O–H groups in total. The van der Waals surface area contributed by atoms with Gasteiger partial charge in [-0.1, -0.05) is 43.5 Å². The van der Waals surface area contributed by atoms with Crippen molar-refractivity contribution < 1.29 is 19.1 Å². The Morgan fingerprint density at radius 3 is 2.48 bits per heavy atom. The number of nitrogens with zero attached hydrogens (tertiary/aromatic N) is 1. The predicted octanol–water partition coefficient (Wildman–Crippen LogP) is 4.47. The van der Waals surface area contributed by atoms with Crippen molar-refractivity contribution in [2.75, 3.05) is 11.4 Å². The van der Waals surface area contributed by atoms with Crippen LogP contribution in [0, 0.1) is 0 Å². The van der Waals surface area contributed by atoms with E-state index in [1.807, 2.05) is 6.92 Å². The van der Waals surface area contributed by atoms with Gasteiger partial charge in [-0.25, -0.2) is 4.79 Å². The van der Waals surface area contributed by atoms with Crippen molar-refractivity contribution >= 4 is 46.8 Å². The molecular formula is C22H31Cl2N3O4. The van der Waals surface area contributed by atoms with E-state index >= 15 is 0 Å². The van der Waals surface area contributed by atoms with Crippen molar-refractivity contribution in [2.45, 2.75) is 78.0 Å². The van der Waals surface area contributed by atoms with Crippen LogP contribution in [-0.4, -0.2) is 42.1 Å². The Balaban J connectivity index is 2.33. The van der Waals surface area contributed by atoms with Crippen LogP contribution in [0.5, 0.6) is 0 Å². The highest BCUT2D eigenvalue weighted by atomic mass is 35.5. The molecule has 0 fully saturated rings. The number of rotatable bonds is 7. The molecular weight excluding hydrogens is 441 g/mol. The third-order valence-electron chi connectivity index (χ3n) is 4.91. The van der Waals surface area contributed by atoms with Gasteiger partial charge in [-0.05, 0) is 51.3 Å². The van der Waals surface area contributed by atoms with Gasteiger partial charge in [-0.2, -0.15) is 0 Å². The van der Waals surface area contributed by atoms with Crippen LogP contribution in [0.3, 0.4) is 0 Å². The second-order valence-electron chi connectivity index (χ2n) is 8.54. The van der Waals surface area contributed by atoms with E-state index in [1.165, 1.54) is 4.90 Å². The fourth-order valence-corrected chi connectivity index (χ4v) is 3.81. The lowest BCUT2D eigenvalue weighted by molar-refractivity contribution is -0.127. The highest BCUT2D eigenvalue weighted by Crippen LogP contribution is 2.41. The zero-order valence-electron chi connectivity index (χ0n) is 18.7. The summed E-state index contributed by atoms with van der Waals surface area (Å²) in [5.74, 6) is -0.668. The summed E-state index contributed by atoms with van der Waals surface area (Å²) in [5.41, 5.74) is 0.474. The zero-order valence-corrected chi connectivity index (χ0v) is 20.2. The fraction of sp³-hybridized carbons (Fsp3) is 0.591. The van der Waals surface area contributed by atoms with Crippen molar-refractivity contribution in [3.63, 3.8) is 0 Å². The minimum Gasteiger partial charge on any atom is -0.444 e. The monoisotopic (exact) mass is 471 g/mol. The van der Waals surface area contributed by atoms with Gasteiger partial charge in [0.05, 0.1) is 10.0 Å². The van der Waals surface area contributed by atoms with E-state index in [9.17, 15) is 14.4 Å². The van der Waals surface area contributed by atoms with E-state index in [0.29, 0.717) is 34.3 Å². The average molecular weight is 472 g/mol. The molecule has 0 saturated heterocycles. The van der Waals surface area contributed by atoms with Crippen LogP contribution in [0.15, 0.2) is 12.1 Å². The number of alkyl carbamates (subject to hydrolysis) is 1. The van der Waals surface area contributed by atoms with Crippen LogP contribution in [0.1, 0.15) is 59.4 Å². The Bertz CT molecular complexity index is 839. The number of halogens is 2. The third-order valence-corrected chi connectivity index (χ3v) is 5.75. The molecule has 0 aliphatic carbocycles. The molecule has 3 amide bonds. The smallest absolute Gasteiger partial charge is 0.408 e. The molecule has 0 aromatic heterocycles. The van der Waals surface area contributed by atoms with Crippen LogP contribution in [0.25, 0.3) is 0 Å². The topological polar surface area (TPSA) is 87.7 Å². The molecule has 0 spiro atoms. The second-order valence-corrected chi connectivity index (χ2v) is 9.32. The minimum absolute atomic E-state index is 0.251. The molecule has 2 atom stereocenters. The summed E-state index contributed by atoms with van der Waals surface area (Å²) in [6, 6.07) is 1.65. The summed E-state index contributed by atoms with van der Waals surface area (Å²) in [4.78, 5) is 40.1. The molecule has 31 heavy (non-hydrogen) atoms. The van der Waals surface area contributed by atoms with E-state index in [-0.39, 0.29) is 12.3 Å². The van der Waals surface area contributed by atoms with Gasteiger partial charge in [-0.3, -0.25) is 14.5 Å². The lowest BCUT2D eigenvalue weighted by Gasteiger charge is -2.29. The first-order valence-electron chi connectivity index (χ1n) is 10.6. The molecule has 9 heteroatoms. The largest absolute Gasteiger partial charge is 0.444 e. The molecule has 7 nitrogen and oxygen atoms in total. The van der Waals surface area contributed by atoms with Crippen LogP contribution in [0.4, 0.5) is 10.5 Å². The van der Waals surface area contributed by atoms with Gasteiger partial charge >= 0.3 is 6.09 Å². The first kappa shape index (κ1) is 25.3. The maximum atomic E-state index is 13.5. The van der Waals surface area contributed by atoms with Crippen molar-refractivity contribution in [1.29, 1.82) is 0 Å². The summed E-state index contributed by atoms with van der Waals surface area (Å²) in [7, 11) is 0. The summed E-state index contributed by atoms with van der Waals surface area (Å²) in [6.07, 6.45) is 1.66. The standard InChI is InChI=1S/C22H31Cl2N3O4/c1-6-8-11-25-19(28)17-12-13-16(10-9-14(23)18(13)24)27(17)20(29)15(7-2)26-21(30)31-22(3,4)5/h9-10,15,17H,6-8,11-12H2,1-5H3,(H,25,28)(H,26,30)/t15-,17?/m0/s1. The Morgan fingerprint density at radius 2 is 1.90 bits per heavy atom. The summed E-state index contributed by atoms with van der Waals surface area (Å²) in [5, 5.41) is 6.20. The summed E-state index contributed by atoms with van der Waals surface area (Å²) in [6.45, 7) is 9.56. The van der Waals surface area contributed by atoms with Gasteiger partial charge in [0.1, 0.15) is 17.7 Å². The van der Waals surface area contributed by atoms with E-state index in [2.05, 4.69) is 10.6 Å². The number of anilines is 1. The van der Waals surface area contributed by atoms with Crippen LogP contribution < -0.4 is 15.5 Å². The molecule has 172 valence electrons. The van der Waals surface area contributed by atoms with Gasteiger partial charge in [0, 0.05) is 18.7 Å². The Hall–Kier alpha value is -1.99. The van der Waals surface area contributed by atoms with Gasteiger partial charge in [0.15, 0.2) is 0 Å². The molecule has 1 aromatic rings. The molecule has 2 rings (SSSR count). The first-order chi connectivity index (χ1) is 14.5. The van der Waals surface area contributed by atoms with Crippen LogP contribution in [-0.2, 0) is 20.7 Å². The van der Waals surface area contributed by atoms with Crippen molar-refractivity contribution in [2.24, 2.45) is 0 Å². The quantitative estimate of drug-likeness (QED) is 0.574. The van der Waals surface area contributed by atoms with E-state index in [0.717, 1.165) is 12.8 Å².